The molecule has 4 aromatic rings. The lowest BCUT2D eigenvalue weighted by molar-refractivity contribution is -0.383. The molecule has 2 heterocycles. The lowest BCUT2D eigenvalue weighted by atomic mass is 9.86. The number of nitrogens with zero attached hydrogens (tertiary/aromatic N) is 6. The Bertz CT molecular complexity index is 1290. The van der Waals surface area contributed by atoms with Crippen molar-refractivity contribution in [2.45, 2.75) is 38.5 Å². The highest BCUT2D eigenvalue weighted by molar-refractivity contribution is 5.89. The minimum absolute atomic E-state index is 0.155. The zero-order chi connectivity index (χ0) is 23.0. The minimum atomic E-state index is -1.94. The van der Waals surface area contributed by atoms with Crippen LogP contribution < -0.4 is 0 Å². The van der Waals surface area contributed by atoms with Crippen LogP contribution in [0.15, 0.2) is 49.1 Å². The number of halogens is 2. The van der Waals surface area contributed by atoms with Gasteiger partial charge in [0, 0.05) is 28.8 Å². The monoisotopic (exact) mass is 442 g/mol. The average Bonchev–Trinajstić information content (AvgIpc) is 3.39. The van der Waals surface area contributed by atoms with Crippen LogP contribution >= 0.6 is 0 Å². The molecule has 9 nitrogen and oxygen atoms in total. The smallest absolute Gasteiger partial charge is 0.297 e. The summed E-state index contributed by atoms with van der Waals surface area (Å²) in [5.74, 6) is -1.71. The number of rotatable bonds is 7. The molecule has 0 aliphatic heterocycles. The Labute approximate surface area is 181 Å². The maximum absolute atomic E-state index is 14.8. The molecule has 0 spiro atoms. The third-order valence-electron chi connectivity index (χ3n) is 5.67. The molecule has 166 valence electrons. The molecule has 11 heteroatoms. The summed E-state index contributed by atoms with van der Waals surface area (Å²) in [6.45, 7) is 3.27. The quantitative estimate of drug-likeness (QED) is 0.346. The van der Waals surface area contributed by atoms with E-state index in [1.54, 1.807) is 19.1 Å². The summed E-state index contributed by atoms with van der Waals surface area (Å²) in [6, 6.07) is 6.65. The molecule has 0 aliphatic carbocycles. The number of aliphatic hydroxyl groups is 1. The van der Waals surface area contributed by atoms with E-state index in [0.29, 0.717) is 23.6 Å². The number of hydrogen-bond donors (Lipinski definition) is 1. The summed E-state index contributed by atoms with van der Waals surface area (Å²) in [5, 5.41) is 32.3. The molecule has 2 aromatic carbocycles. The molecule has 2 atom stereocenters. The van der Waals surface area contributed by atoms with Crippen molar-refractivity contribution in [3.63, 3.8) is 0 Å². The van der Waals surface area contributed by atoms with Crippen LogP contribution in [-0.2, 0) is 18.6 Å². The Morgan fingerprint density at radius 3 is 2.69 bits per heavy atom. The van der Waals surface area contributed by atoms with Gasteiger partial charge in [-0.05, 0) is 19.4 Å². The fraction of sp³-hybridized carbons (Fsp3) is 0.286. The van der Waals surface area contributed by atoms with Gasteiger partial charge in [-0.15, -0.1) is 0 Å². The summed E-state index contributed by atoms with van der Waals surface area (Å²) < 4.78 is 31.2. The predicted octanol–water partition coefficient (Wildman–Crippen LogP) is 3.53. The van der Waals surface area contributed by atoms with E-state index in [0.717, 1.165) is 6.07 Å². The molecule has 32 heavy (non-hydrogen) atoms. The molecule has 1 N–H and O–H groups in total. The highest BCUT2D eigenvalue weighted by atomic mass is 19.1. The molecular weight excluding hydrogens is 422 g/mol. The normalized spacial score (nSPS) is 14.4. The first-order chi connectivity index (χ1) is 15.3. The summed E-state index contributed by atoms with van der Waals surface area (Å²) >= 11 is 0. The maximum atomic E-state index is 14.8. The van der Waals surface area contributed by atoms with Crippen molar-refractivity contribution in [3.8, 4) is 0 Å². The number of benzene rings is 2. The van der Waals surface area contributed by atoms with Gasteiger partial charge in [-0.2, -0.15) is 10.2 Å². The minimum Gasteiger partial charge on any atom is -0.381 e. The van der Waals surface area contributed by atoms with Crippen molar-refractivity contribution in [1.29, 1.82) is 0 Å². The van der Waals surface area contributed by atoms with E-state index in [1.165, 1.54) is 34.2 Å². The Morgan fingerprint density at radius 1 is 1.28 bits per heavy atom. The number of nitro groups is 1. The third-order valence-corrected chi connectivity index (χ3v) is 5.67. The van der Waals surface area contributed by atoms with Crippen LogP contribution in [0.2, 0.25) is 0 Å². The van der Waals surface area contributed by atoms with Crippen molar-refractivity contribution < 1.29 is 18.8 Å². The van der Waals surface area contributed by atoms with Gasteiger partial charge in [-0.3, -0.25) is 14.8 Å². The van der Waals surface area contributed by atoms with Crippen LogP contribution in [0.25, 0.3) is 10.9 Å². The Morgan fingerprint density at radius 2 is 2.06 bits per heavy atom. The highest BCUT2D eigenvalue weighted by Crippen LogP contribution is 2.39. The second-order valence-electron chi connectivity index (χ2n) is 7.49. The number of aromatic nitrogens is 5. The van der Waals surface area contributed by atoms with E-state index in [-0.39, 0.29) is 23.3 Å². The van der Waals surface area contributed by atoms with Gasteiger partial charge in [0.25, 0.3) is 5.69 Å². The van der Waals surface area contributed by atoms with Crippen molar-refractivity contribution >= 4 is 16.6 Å². The maximum Gasteiger partial charge on any atom is 0.297 e. The number of non-ortho nitro benzene ring substituents is 1. The molecule has 2 aromatic heterocycles. The van der Waals surface area contributed by atoms with Crippen LogP contribution in [0.4, 0.5) is 14.5 Å². The van der Waals surface area contributed by atoms with Crippen molar-refractivity contribution in [3.05, 3.63) is 82.1 Å². The molecule has 0 saturated heterocycles. The van der Waals surface area contributed by atoms with Crippen LogP contribution in [0.1, 0.15) is 31.1 Å². The van der Waals surface area contributed by atoms with Crippen molar-refractivity contribution in [1.82, 2.24) is 24.5 Å². The lowest BCUT2D eigenvalue weighted by Gasteiger charge is -2.35. The van der Waals surface area contributed by atoms with Gasteiger partial charge >= 0.3 is 0 Å². The van der Waals surface area contributed by atoms with Crippen molar-refractivity contribution in [2.24, 2.45) is 0 Å². The summed E-state index contributed by atoms with van der Waals surface area (Å²) in [7, 11) is 0. The number of aryl methyl sites for hydroxylation is 1. The number of hydrogen-bond acceptors (Lipinski definition) is 6. The molecule has 0 aliphatic rings. The predicted molar refractivity (Wildman–Crippen MR) is 111 cm³/mol. The number of fused-ring (bicyclic) bond motifs is 1. The zero-order valence-electron chi connectivity index (χ0n) is 17.3. The van der Waals surface area contributed by atoms with E-state index < -0.39 is 28.2 Å². The Hall–Kier alpha value is -3.73. The van der Waals surface area contributed by atoms with Gasteiger partial charge in [0.15, 0.2) is 5.52 Å². The molecule has 0 amide bonds. The summed E-state index contributed by atoms with van der Waals surface area (Å²) in [4.78, 5) is 14.8. The molecule has 0 saturated carbocycles. The number of nitro benzene ring substituents is 1. The van der Waals surface area contributed by atoms with Gasteiger partial charge in [0.1, 0.15) is 29.9 Å². The van der Waals surface area contributed by atoms with Gasteiger partial charge in [0.2, 0.25) is 0 Å². The molecule has 0 fully saturated rings. The molecule has 4 rings (SSSR count). The van der Waals surface area contributed by atoms with E-state index in [2.05, 4.69) is 15.2 Å². The van der Waals surface area contributed by atoms with Gasteiger partial charge < -0.3 is 5.11 Å². The van der Waals surface area contributed by atoms with Crippen LogP contribution in [0, 0.1) is 21.7 Å². The Kier molecular flexibility index (Phi) is 5.43. The van der Waals surface area contributed by atoms with Gasteiger partial charge in [-0.1, -0.05) is 25.1 Å². The third kappa shape index (κ3) is 3.50. The lowest BCUT2D eigenvalue weighted by Crippen LogP contribution is -2.41. The Balaban J connectivity index is 1.93. The fourth-order valence-corrected chi connectivity index (χ4v) is 4.03. The summed E-state index contributed by atoms with van der Waals surface area (Å²) in [5.41, 5.74) is -1.46. The zero-order valence-corrected chi connectivity index (χ0v) is 17.3. The van der Waals surface area contributed by atoms with Crippen LogP contribution in [0.3, 0.4) is 0 Å². The van der Waals surface area contributed by atoms with Crippen molar-refractivity contribution in [2.75, 3.05) is 0 Å². The van der Waals surface area contributed by atoms with E-state index in [1.807, 2.05) is 6.92 Å². The van der Waals surface area contributed by atoms with E-state index in [9.17, 15) is 24.0 Å². The molecule has 0 unspecified atom stereocenters. The van der Waals surface area contributed by atoms with Crippen LogP contribution in [-0.4, -0.2) is 34.6 Å². The highest BCUT2D eigenvalue weighted by Gasteiger charge is 2.42. The second kappa shape index (κ2) is 8.08. The SMILES string of the molecule is CCc1c2cccc([N+](=O)[O-])c2nn1[C@H](C)[C@](O)(Cn1cncn1)c1ccc(F)cc1F. The average molecular weight is 442 g/mol. The first-order valence-electron chi connectivity index (χ1n) is 9.91. The van der Waals surface area contributed by atoms with Gasteiger partial charge in [0.05, 0.1) is 17.5 Å². The van der Waals surface area contributed by atoms with E-state index >= 15 is 0 Å². The summed E-state index contributed by atoms with van der Waals surface area (Å²) in [6.07, 6.45) is 3.09. The molecule has 0 radical (unpaired) electrons. The molecule has 0 bridgehead atoms. The van der Waals surface area contributed by atoms with E-state index in [4.69, 9.17) is 0 Å². The van der Waals surface area contributed by atoms with Gasteiger partial charge in [-0.25, -0.2) is 18.4 Å². The second-order valence-corrected chi connectivity index (χ2v) is 7.49. The fourth-order valence-electron chi connectivity index (χ4n) is 4.03. The first-order valence-corrected chi connectivity index (χ1v) is 9.91. The standard InChI is InChI=1S/C21H20F2N6O3/c1-3-18-15-5-4-6-19(29(31)32)20(15)26-28(18)13(2)21(30,10-27-12-24-11-25-27)16-8-7-14(22)9-17(16)23/h4-9,11-13,30H,3,10H2,1-2H3/t13-,21-/m1/s1. The molecular formula is C21H20F2N6O3. The van der Waals surface area contributed by atoms with Crippen LogP contribution in [0.5, 0.6) is 0 Å². The topological polar surface area (TPSA) is 112 Å². The first kappa shape index (κ1) is 21.5. The largest absolute Gasteiger partial charge is 0.381 e.